The van der Waals surface area contributed by atoms with Crippen molar-refractivity contribution >= 4 is 21.6 Å². The zero-order chi connectivity index (χ0) is 17.5. The topological polar surface area (TPSA) is 56.0 Å². The van der Waals surface area contributed by atoms with Crippen molar-refractivity contribution in [3.63, 3.8) is 0 Å². The maximum atomic E-state index is 10.4. The quantitative estimate of drug-likeness (QED) is 0.745. The average Bonchev–Trinajstić information content (AvgIpc) is 3.28. The number of phenolic OH excluding ortho intramolecular Hbond substituents is 1. The van der Waals surface area contributed by atoms with Gasteiger partial charge in [0.15, 0.2) is 16.5 Å². The van der Waals surface area contributed by atoms with Crippen LogP contribution in [0.4, 0.5) is 0 Å². The Labute approximate surface area is 155 Å². The van der Waals surface area contributed by atoms with E-state index in [2.05, 4.69) is 18.2 Å². The fourth-order valence-electron chi connectivity index (χ4n) is 3.99. The third-order valence-electron chi connectivity index (χ3n) is 5.33. The van der Waals surface area contributed by atoms with Crippen LogP contribution in [0.15, 0.2) is 36.4 Å². The van der Waals surface area contributed by atoms with Crippen LogP contribution in [0.5, 0.6) is 17.2 Å². The summed E-state index contributed by atoms with van der Waals surface area (Å²) >= 11 is 1.80. The summed E-state index contributed by atoms with van der Waals surface area (Å²) in [6, 6.07) is 12.3. The van der Waals surface area contributed by atoms with Crippen LogP contribution in [-0.2, 0) is 6.54 Å². The van der Waals surface area contributed by atoms with Crippen LogP contribution in [0.3, 0.4) is 0 Å². The molecule has 0 aliphatic carbocycles. The second kappa shape index (κ2) is 6.45. The molecule has 1 saturated heterocycles. The Bertz CT molecular complexity index is 922. The first-order valence-corrected chi connectivity index (χ1v) is 9.91. The molecule has 3 heterocycles. The second-order valence-corrected chi connectivity index (χ2v) is 8.05. The Kier molecular flexibility index (Phi) is 3.94. The van der Waals surface area contributed by atoms with E-state index >= 15 is 0 Å². The lowest BCUT2D eigenvalue weighted by Crippen LogP contribution is -3.11. The minimum absolute atomic E-state index is 0.225. The number of aromatic hydroxyl groups is 1. The van der Waals surface area contributed by atoms with E-state index < -0.39 is 0 Å². The van der Waals surface area contributed by atoms with E-state index in [4.69, 9.17) is 14.5 Å². The summed E-state index contributed by atoms with van der Waals surface area (Å²) in [5.41, 5.74) is 2.00. The molecular formula is C20H21N2O3S+. The molecule has 0 amide bonds. The van der Waals surface area contributed by atoms with Gasteiger partial charge in [0.1, 0.15) is 18.3 Å². The zero-order valence-corrected chi connectivity index (χ0v) is 15.2. The number of hydrogen-bond donors (Lipinski definition) is 2. The van der Waals surface area contributed by atoms with Crippen molar-refractivity contribution in [3.05, 3.63) is 47.0 Å². The fourth-order valence-corrected chi connectivity index (χ4v) is 5.15. The van der Waals surface area contributed by atoms with E-state index in [1.165, 1.54) is 27.4 Å². The summed E-state index contributed by atoms with van der Waals surface area (Å²) in [5, 5.41) is 11.6. The number of rotatable bonds is 3. The predicted molar refractivity (Wildman–Crippen MR) is 100.0 cm³/mol. The predicted octanol–water partition coefficient (Wildman–Crippen LogP) is 3.04. The lowest BCUT2D eigenvalue weighted by molar-refractivity contribution is -0.950. The van der Waals surface area contributed by atoms with E-state index in [1.807, 2.05) is 12.1 Å². The lowest BCUT2D eigenvalue weighted by atomic mass is 10.0. The molecule has 2 N–H and O–H groups in total. The molecule has 0 saturated carbocycles. The Hall–Kier alpha value is -2.31. The molecule has 0 spiro atoms. The van der Waals surface area contributed by atoms with E-state index in [9.17, 15) is 5.11 Å². The largest absolute Gasteiger partial charge is 0.507 e. The number of para-hydroxylation sites is 1. The van der Waals surface area contributed by atoms with E-state index in [0.29, 0.717) is 11.8 Å². The molecule has 2 aliphatic rings. The monoisotopic (exact) mass is 369 g/mol. The van der Waals surface area contributed by atoms with Gasteiger partial charge in [0.25, 0.3) is 0 Å². The molecule has 3 aromatic rings. The summed E-state index contributed by atoms with van der Waals surface area (Å²) < 4.78 is 12.1. The van der Waals surface area contributed by atoms with Gasteiger partial charge in [-0.3, -0.25) is 0 Å². The van der Waals surface area contributed by atoms with Crippen molar-refractivity contribution in [2.24, 2.45) is 0 Å². The van der Waals surface area contributed by atoms with Gasteiger partial charge in [-0.1, -0.05) is 12.1 Å². The van der Waals surface area contributed by atoms with Crippen molar-refractivity contribution < 1.29 is 19.5 Å². The van der Waals surface area contributed by atoms with Gasteiger partial charge >= 0.3 is 0 Å². The van der Waals surface area contributed by atoms with Gasteiger partial charge in [-0.05, 0) is 31.0 Å². The molecule has 5 rings (SSSR count). The minimum Gasteiger partial charge on any atom is -0.507 e. The Morgan fingerprint density at radius 2 is 2.00 bits per heavy atom. The maximum absolute atomic E-state index is 10.4. The normalized spacial score (nSPS) is 22.0. The third-order valence-corrected chi connectivity index (χ3v) is 6.48. The van der Waals surface area contributed by atoms with Crippen molar-refractivity contribution in [2.75, 3.05) is 13.3 Å². The molecule has 1 fully saturated rings. The first-order valence-electron chi connectivity index (χ1n) is 9.09. The molecule has 134 valence electrons. The highest BCUT2D eigenvalue weighted by atomic mass is 32.1. The number of quaternary nitrogens is 1. The van der Waals surface area contributed by atoms with Gasteiger partial charge in [0, 0.05) is 12.5 Å². The van der Waals surface area contributed by atoms with Crippen LogP contribution in [0.1, 0.15) is 35.9 Å². The molecule has 1 aromatic heterocycles. The Balaban J connectivity index is 1.45. The van der Waals surface area contributed by atoms with Gasteiger partial charge in [0.05, 0.1) is 22.3 Å². The summed E-state index contributed by atoms with van der Waals surface area (Å²) in [6.45, 7) is 2.08. The summed E-state index contributed by atoms with van der Waals surface area (Å²) in [6.07, 6.45) is 3.58. The highest BCUT2D eigenvalue weighted by Gasteiger charge is 2.31. The Morgan fingerprint density at radius 1 is 1.15 bits per heavy atom. The smallest absolute Gasteiger partial charge is 0.231 e. The van der Waals surface area contributed by atoms with Crippen molar-refractivity contribution in [1.82, 2.24) is 4.98 Å². The zero-order valence-electron chi connectivity index (χ0n) is 14.4. The SMILES string of the molecule is Oc1cc2c(cc1C[NH+]1CCCC[C@H]1c1nc3ccccc3s1)OCO2. The van der Waals surface area contributed by atoms with Crippen LogP contribution < -0.4 is 14.4 Å². The molecule has 26 heavy (non-hydrogen) atoms. The number of thiazole rings is 1. The highest BCUT2D eigenvalue weighted by molar-refractivity contribution is 7.18. The van der Waals surface area contributed by atoms with Crippen molar-refractivity contribution in [2.45, 2.75) is 31.8 Å². The van der Waals surface area contributed by atoms with Gasteiger partial charge < -0.3 is 19.5 Å². The lowest BCUT2D eigenvalue weighted by Gasteiger charge is -2.31. The molecule has 1 unspecified atom stereocenters. The molecule has 2 aliphatic heterocycles. The number of ether oxygens (including phenoxy) is 2. The maximum Gasteiger partial charge on any atom is 0.231 e. The average molecular weight is 369 g/mol. The molecular weight excluding hydrogens is 348 g/mol. The number of nitrogens with one attached hydrogen (secondary N) is 1. The van der Waals surface area contributed by atoms with E-state index in [1.54, 1.807) is 17.4 Å². The summed E-state index contributed by atoms with van der Waals surface area (Å²) in [5.74, 6) is 1.64. The van der Waals surface area contributed by atoms with Crippen LogP contribution in [0.25, 0.3) is 10.2 Å². The molecule has 5 nitrogen and oxygen atoms in total. The van der Waals surface area contributed by atoms with Crippen LogP contribution in [-0.4, -0.2) is 23.4 Å². The molecule has 6 heteroatoms. The Morgan fingerprint density at radius 3 is 2.88 bits per heavy atom. The number of nitrogens with zero attached hydrogens (tertiary/aromatic N) is 1. The summed E-state index contributed by atoms with van der Waals surface area (Å²) in [7, 11) is 0. The van der Waals surface area contributed by atoms with Crippen molar-refractivity contribution in [3.8, 4) is 17.2 Å². The van der Waals surface area contributed by atoms with Crippen molar-refractivity contribution in [1.29, 1.82) is 0 Å². The van der Waals surface area contributed by atoms with Gasteiger partial charge in [0.2, 0.25) is 6.79 Å². The number of likely N-dealkylation sites (tertiary alicyclic amines) is 1. The van der Waals surface area contributed by atoms with Crippen LogP contribution in [0.2, 0.25) is 0 Å². The van der Waals surface area contributed by atoms with Crippen LogP contribution in [0, 0.1) is 0 Å². The first kappa shape index (κ1) is 15.9. The second-order valence-electron chi connectivity index (χ2n) is 6.99. The number of aromatic nitrogens is 1. The molecule has 2 aromatic carbocycles. The molecule has 0 radical (unpaired) electrons. The summed E-state index contributed by atoms with van der Waals surface area (Å²) in [4.78, 5) is 6.36. The standard InChI is InChI=1S/C20H20N2O3S/c23-16-10-18-17(24-12-25-18)9-13(16)11-22-8-4-3-6-15(22)20-21-14-5-1-2-7-19(14)26-20/h1-2,5,7,9-10,15,23H,3-4,6,8,11-12H2/p+1/t15-/m0/s1. The minimum atomic E-state index is 0.225. The highest BCUT2D eigenvalue weighted by Crippen LogP contribution is 2.37. The van der Waals surface area contributed by atoms with E-state index in [-0.39, 0.29) is 12.5 Å². The number of phenols is 1. The van der Waals surface area contributed by atoms with Crippen LogP contribution >= 0.6 is 11.3 Å². The van der Waals surface area contributed by atoms with Gasteiger partial charge in [-0.15, -0.1) is 11.3 Å². The van der Waals surface area contributed by atoms with Gasteiger partial charge in [-0.2, -0.15) is 0 Å². The van der Waals surface area contributed by atoms with Gasteiger partial charge in [-0.25, -0.2) is 4.98 Å². The first-order chi connectivity index (χ1) is 12.8. The third kappa shape index (κ3) is 2.79. The number of piperidine rings is 1. The number of fused-ring (bicyclic) bond motifs is 2. The number of hydrogen-bond acceptors (Lipinski definition) is 5. The van der Waals surface area contributed by atoms with E-state index in [0.717, 1.165) is 36.3 Å². The number of benzene rings is 2. The molecule has 2 atom stereocenters. The molecule has 0 bridgehead atoms. The fraction of sp³-hybridized carbons (Fsp3) is 0.350.